The summed E-state index contributed by atoms with van der Waals surface area (Å²) >= 11 is 0. The second kappa shape index (κ2) is 5.24. The lowest BCUT2D eigenvalue weighted by Crippen LogP contribution is -2.10. The molecular weight excluding hydrogens is 279 g/mol. The van der Waals surface area contributed by atoms with E-state index in [1.165, 1.54) is 13.0 Å². The van der Waals surface area contributed by atoms with Crippen LogP contribution in [0.15, 0.2) is 36.4 Å². The first-order valence-electron chi connectivity index (χ1n) is 6.29. The lowest BCUT2D eigenvalue weighted by molar-refractivity contribution is -0.137. The van der Waals surface area contributed by atoms with E-state index in [2.05, 4.69) is 0 Å². The van der Waals surface area contributed by atoms with Crippen LogP contribution in [0.1, 0.15) is 32.6 Å². The Morgan fingerprint density at radius 2 is 1.71 bits per heavy atom. The number of carbonyl (C=O) groups excluding carboxylic acids is 1. The van der Waals surface area contributed by atoms with Gasteiger partial charge in [-0.15, -0.1) is 0 Å². The zero-order valence-electron chi connectivity index (χ0n) is 11.6. The van der Waals surface area contributed by atoms with Gasteiger partial charge in [0, 0.05) is 16.8 Å². The molecule has 0 aliphatic carbocycles. The number of ketones is 1. The summed E-state index contributed by atoms with van der Waals surface area (Å²) in [5, 5.41) is 0. The van der Waals surface area contributed by atoms with Crippen molar-refractivity contribution < 1.29 is 18.0 Å². The van der Waals surface area contributed by atoms with Crippen molar-refractivity contribution in [3.63, 3.8) is 0 Å². The maximum Gasteiger partial charge on any atom is 0.416 e. The highest BCUT2D eigenvalue weighted by atomic mass is 19.4. The normalized spacial score (nSPS) is 11.5. The third-order valence-corrected chi connectivity index (χ3v) is 3.42. The standard InChI is InChI=1S/C16H14F3NO/c1-9-8-11(16(17,18)19)6-7-12(9)15(21)13-4-3-5-14(20)10(13)2/h3-8H,20H2,1-2H3. The van der Waals surface area contributed by atoms with E-state index in [0.29, 0.717) is 16.8 Å². The molecular formula is C16H14F3NO. The maximum atomic E-state index is 12.6. The van der Waals surface area contributed by atoms with Crippen LogP contribution in [-0.4, -0.2) is 5.78 Å². The largest absolute Gasteiger partial charge is 0.416 e. The van der Waals surface area contributed by atoms with Crippen LogP contribution in [0, 0.1) is 13.8 Å². The van der Waals surface area contributed by atoms with Gasteiger partial charge in [-0.1, -0.05) is 18.2 Å². The Balaban J connectivity index is 2.48. The van der Waals surface area contributed by atoms with Crippen LogP contribution in [0.2, 0.25) is 0 Å². The van der Waals surface area contributed by atoms with E-state index in [9.17, 15) is 18.0 Å². The van der Waals surface area contributed by atoms with Gasteiger partial charge in [0.2, 0.25) is 0 Å². The average molecular weight is 293 g/mol. The number of anilines is 1. The van der Waals surface area contributed by atoms with Crippen molar-refractivity contribution in [3.8, 4) is 0 Å². The molecule has 0 aliphatic rings. The molecule has 0 unspecified atom stereocenters. The summed E-state index contributed by atoms with van der Waals surface area (Å²) in [5.41, 5.74) is 7.03. The monoisotopic (exact) mass is 293 g/mol. The molecule has 21 heavy (non-hydrogen) atoms. The molecule has 5 heteroatoms. The highest BCUT2D eigenvalue weighted by Gasteiger charge is 2.31. The van der Waals surface area contributed by atoms with Crippen LogP contribution < -0.4 is 5.73 Å². The number of halogens is 3. The van der Waals surface area contributed by atoms with E-state index in [1.807, 2.05) is 0 Å². The average Bonchev–Trinajstić information content (AvgIpc) is 2.40. The van der Waals surface area contributed by atoms with Crippen molar-refractivity contribution in [3.05, 3.63) is 64.2 Å². The SMILES string of the molecule is Cc1cc(C(F)(F)F)ccc1C(=O)c1cccc(N)c1C. The summed E-state index contributed by atoms with van der Waals surface area (Å²) < 4.78 is 37.9. The smallest absolute Gasteiger partial charge is 0.398 e. The lowest BCUT2D eigenvalue weighted by Gasteiger charge is -2.12. The lowest BCUT2D eigenvalue weighted by atomic mass is 9.94. The van der Waals surface area contributed by atoms with Crippen molar-refractivity contribution in [1.82, 2.24) is 0 Å². The Morgan fingerprint density at radius 3 is 2.29 bits per heavy atom. The van der Waals surface area contributed by atoms with Crippen LogP contribution >= 0.6 is 0 Å². The van der Waals surface area contributed by atoms with Crippen molar-refractivity contribution in [2.45, 2.75) is 20.0 Å². The predicted molar refractivity (Wildman–Crippen MR) is 75.2 cm³/mol. The summed E-state index contributed by atoms with van der Waals surface area (Å²) in [4.78, 5) is 12.5. The van der Waals surface area contributed by atoms with Crippen molar-refractivity contribution in [1.29, 1.82) is 0 Å². The Kier molecular flexibility index (Phi) is 3.77. The van der Waals surface area contributed by atoms with Gasteiger partial charge in [0.25, 0.3) is 0 Å². The van der Waals surface area contributed by atoms with E-state index in [1.54, 1.807) is 25.1 Å². The number of nitrogens with two attached hydrogens (primary N) is 1. The van der Waals surface area contributed by atoms with Gasteiger partial charge in [-0.2, -0.15) is 13.2 Å². The highest BCUT2D eigenvalue weighted by molar-refractivity contribution is 6.11. The molecule has 0 atom stereocenters. The molecule has 0 fully saturated rings. The van der Waals surface area contributed by atoms with E-state index >= 15 is 0 Å². The summed E-state index contributed by atoms with van der Waals surface area (Å²) in [5.74, 6) is -0.328. The van der Waals surface area contributed by atoms with E-state index in [4.69, 9.17) is 5.73 Å². The molecule has 0 saturated carbocycles. The molecule has 0 radical (unpaired) electrons. The Labute approximate surface area is 120 Å². The zero-order chi connectivity index (χ0) is 15.8. The van der Waals surface area contributed by atoms with E-state index in [-0.39, 0.29) is 16.9 Å². The molecule has 2 nitrogen and oxygen atoms in total. The minimum Gasteiger partial charge on any atom is -0.398 e. The number of hydrogen-bond donors (Lipinski definition) is 1. The molecule has 0 amide bonds. The number of aryl methyl sites for hydroxylation is 1. The maximum absolute atomic E-state index is 12.6. The minimum absolute atomic E-state index is 0.247. The molecule has 110 valence electrons. The molecule has 2 aromatic carbocycles. The van der Waals surface area contributed by atoms with Crippen molar-refractivity contribution in [2.75, 3.05) is 5.73 Å². The Hall–Kier alpha value is -2.30. The third-order valence-electron chi connectivity index (χ3n) is 3.42. The number of hydrogen-bond acceptors (Lipinski definition) is 2. The fourth-order valence-electron chi connectivity index (χ4n) is 2.14. The van der Waals surface area contributed by atoms with Crippen molar-refractivity contribution in [2.24, 2.45) is 0 Å². The van der Waals surface area contributed by atoms with Crippen LogP contribution in [-0.2, 0) is 6.18 Å². The summed E-state index contributed by atoms with van der Waals surface area (Å²) in [7, 11) is 0. The van der Waals surface area contributed by atoms with Gasteiger partial charge in [-0.3, -0.25) is 4.79 Å². The molecule has 0 bridgehead atoms. The van der Waals surface area contributed by atoms with Gasteiger partial charge in [-0.05, 0) is 43.2 Å². The molecule has 0 aromatic heterocycles. The highest BCUT2D eigenvalue weighted by Crippen LogP contribution is 2.31. The fraction of sp³-hybridized carbons (Fsp3) is 0.188. The van der Waals surface area contributed by atoms with Gasteiger partial charge in [0.15, 0.2) is 5.78 Å². The summed E-state index contributed by atoms with van der Waals surface area (Å²) in [6.45, 7) is 3.20. The van der Waals surface area contributed by atoms with Crippen LogP contribution in [0.5, 0.6) is 0 Å². The van der Waals surface area contributed by atoms with Crippen molar-refractivity contribution >= 4 is 11.5 Å². The number of alkyl halides is 3. The minimum atomic E-state index is -4.42. The van der Waals surface area contributed by atoms with Gasteiger partial charge in [0.05, 0.1) is 5.56 Å². The Bertz CT molecular complexity index is 705. The first-order valence-corrected chi connectivity index (χ1v) is 6.29. The second-order valence-corrected chi connectivity index (χ2v) is 4.88. The van der Waals surface area contributed by atoms with Crippen LogP contribution in [0.3, 0.4) is 0 Å². The molecule has 0 spiro atoms. The predicted octanol–water partition coefficient (Wildman–Crippen LogP) is 4.14. The van der Waals surface area contributed by atoms with Gasteiger partial charge in [-0.25, -0.2) is 0 Å². The fourth-order valence-corrected chi connectivity index (χ4v) is 2.14. The molecule has 2 aromatic rings. The first-order chi connectivity index (χ1) is 9.71. The third kappa shape index (κ3) is 2.91. The summed E-state index contributed by atoms with van der Waals surface area (Å²) in [6.07, 6.45) is -4.42. The van der Waals surface area contributed by atoms with Crippen LogP contribution in [0.25, 0.3) is 0 Å². The van der Waals surface area contributed by atoms with Gasteiger partial charge < -0.3 is 5.73 Å². The number of rotatable bonds is 2. The van der Waals surface area contributed by atoms with Gasteiger partial charge in [0.1, 0.15) is 0 Å². The molecule has 0 heterocycles. The topological polar surface area (TPSA) is 43.1 Å². The first kappa shape index (κ1) is 15.1. The summed E-state index contributed by atoms with van der Waals surface area (Å²) in [6, 6.07) is 8.05. The molecule has 0 aliphatic heterocycles. The number of benzene rings is 2. The van der Waals surface area contributed by atoms with E-state index in [0.717, 1.165) is 12.1 Å². The molecule has 2 rings (SSSR count). The van der Waals surface area contributed by atoms with Gasteiger partial charge >= 0.3 is 6.18 Å². The zero-order valence-corrected chi connectivity index (χ0v) is 11.6. The molecule has 0 saturated heterocycles. The quantitative estimate of drug-likeness (QED) is 0.668. The van der Waals surface area contributed by atoms with E-state index < -0.39 is 11.7 Å². The number of nitrogen functional groups attached to an aromatic ring is 1. The second-order valence-electron chi connectivity index (χ2n) is 4.88. The Morgan fingerprint density at radius 1 is 1.05 bits per heavy atom. The molecule has 2 N–H and O–H groups in total. The van der Waals surface area contributed by atoms with Crippen LogP contribution in [0.4, 0.5) is 18.9 Å². The number of carbonyl (C=O) groups is 1.